The Bertz CT molecular complexity index is 584. The molecule has 0 amide bonds. The Morgan fingerprint density at radius 1 is 1.37 bits per heavy atom. The number of fused-ring (bicyclic) bond motifs is 1. The van der Waals surface area contributed by atoms with E-state index in [1.54, 1.807) is 7.11 Å². The van der Waals surface area contributed by atoms with Gasteiger partial charge in [-0.3, -0.25) is 0 Å². The van der Waals surface area contributed by atoms with Crippen molar-refractivity contribution in [3.63, 3.8) is 0 Å². The van der Waals surface area contributed by atoms with Crippen molar-refractivity contribution >= 4 is 21.4 Å². The lowest BCUT2D eigenvalue weighted by atomic mass is 9.99. The minimum absolute atomic E-state index is 0.553. The number of rotatable bonds is 5. The van der Waals surface area contributed by atoms with Crippen molar-refractivity contribution in [2.24, 2.45) is 0 Å². The van der Waals surface area contributed by atoms with Gasteiger partial charge in [-0.1, -0.05) is 13.8 Å². The standard InChI is InChI=1S/C16H21NOS/c1-10(2)16-13-8-12(18-3)6-7-14(13)19-15(16)9-17-11-4-5-11/h6-8,10-11,17H,4-5,9H2,1-3H3. The van der Waals surface area contributed by atoms with Crippen LogP contribution in [-0.2, 0) is 6.54 Å². The molecule has 3 heteroatoms. The summed E-state index contributed by atoms with van der Waals surface area (Å²) < 4.78 is 6.74. The lowest BCUT2D eigenvalue weighted by molar-refractivity contribution is 0.415. The van der Waals surface area contributed by atoms with Crippen LogP contribution in [0.2, 0.25) is 0 Å². The van der Waals surface area contributed by atoms with E-state index >= 15 is 0 Å². The molecular weight excluding hydrogens is 254 g/mol. The lowest BCUT2D eigenvalue weighted by Gasteiger charge is -2.09. The molecule has 0 radical (unpaired) electrons. The number of benzene rings is 1. The van der Waals surface area contributed by atoms with Gasteiger partial charge in [0.2, 0.25) is 0 Å². The van der Waals surface area contributed by atoms with Crippen LogP contribution in [0.5, 0.6) is 5.75 Å². The number of ether oxygens (including phenoxy) is 1. The molecule has 102 valence electrons. The average Bonchev–Trinajstić information content (AvgIpc) is 3.15. The SMILES string of the molecule is COc1ccc2sc(CNC3CC3)c(C(C)C)c2c1. The van der Waals surface area contributed by atoms with Crippen LogP contribution in [0.1, 0.15) is 43.0 Å². The molecule has 1 heterocycles. The first-order valence-corrected chi connectivity index (χ1v) is 7.83. The Hall–Kier alpha value is -1.06. The minimum Gasteiger partial charge on any atom is -0.497 e. The van der Waals surface area contributed by atoms with Crippen LogP contribution in [0.15, 0.2) is 18.2 Å². The fraction of sp³-hybridized carbons (Fsp3) is 0.500. The third-order valence-corrected chi connectivity index (χ3v) is 4.90. The third kappa shape index (κ3) is 2.63. The second-order valence-electron chi connectivity index (χ2n) is 5.61. The normalized spacial score (nSPS) is 15.4. The summed E-state index contributed by atoms with van der Waals surface area (Å²) in [7, 11) is 1.73. The predicted molar refractivity (Wildman–Crippen MR) is 82.3 cm³/mol. The van der Waals surface area contributed by atoms with Crippen molar-refractivity contribution in [3.8, 4) is 5.75 Å². The van der Waals surface area contributed by atoms with E-state index in [1.807, 2.05) is 11.3 Å². The van der Waals surface area contributed by atoms with Gasteiger partial charge in [0.15, 0.2) is 0 Å². The molecule has 1 N–H and O–H groups in total. The van der Waals surface area contributed by atoms with Crippen molar-refractivity contribution in [3.05, 3.63) is 28.6 Å². The highest BCUT2D eigenvalue weighted by molar-refractivity contribution is 7.19. The van der Waals surface area contributed by atoms with E-state index in [0.717, 1.165) is 18.3 Å². The van der Waals surface area contributed by atoms with Crippen LogP contribution in [0.25, 0.3) is 10.1 Å². The van der Waals surface area contributed by atoms with Crippen molar-refractivity contribution in [2.75, 3.05) is 7.11 Å². The molecule has 2 aromatic rings. The van der Waals surface area contributed by atoms with E-state index in [2.05, 4.69) is 37.4 Å². The first kappa shape index (κ1) is 12.9. The second-order valence-corrected chi connectivity index (χ2v) is 6.75. The summed E-state index contributed by atoms with van der Waals surface area (Å²) >= 11 is 1.92. The topological polar surface area (TPSA) is 21.3 Å². The Morgan fingerprint density at radius 3 is 2.79 bits per heavy atom. The van der Waals surface area contributed by atoms with Crippen molar-refractivity contribution < 1.29 is 4.74 Å². The van der Waals surface area contributed by atoms with Gasteiger partial charge in [0.1, 0.15) is 5.75 Å². The van der Waals surface area contributed by atoms with Gasteiger partial charge < -0.3 is 10.1 Å². The third-order valence-electron chi connectivity index (χ3n) is 3.72. The predicted octanol–water partition coefficient (Wildman–Crippen LogP) is 4.29. The largest absolute Gasteiger partial charge is 0.497 e. The second kappa shape index (κ2) is 5.14. The molecule has 0 bridgehead atoms. The summed E-state index contributed by atoms with van der Waals surface area (Å²) in [5, 5.41) is 5.00. The van der Waals surface area contributed by atoms with E-state index in [0.29, 0.717) is 5.92 Å². The summed E-state index contributed by atoms with van der Waals surface area (Å²) in [5.74, 6) is 1.51. The lowest BCUT2D eigenvalue weighted by Crippen LogP contribution is -2.15. The molecule has 0 unspecified atom stereocenters. The van der Waals surface area contributed by atoms with Gasteiger partial charge in [-0.25, -0.2) is 0 Å². The van der Waals surface area contributed by atoms with Crippen molar-refractivity contribution in [1.82, 2.24) is 5.32 Å². The summed E-state index contributed by atoms with van der Waals surface area (Å²) in [6.07, 6.45) is 2.69. The molecule has 3 rings (SSSR count). The van der Waals surface area contributed by atoms with E-state index in [1.165, 1.54) is 33.4 Å². The number of hydrogen-bond donors (Lipinski definition) is 1. The minimum atomic E-state index is 0.553. The molecular formula is C16H21NOS. The van der Waals surface area contributed by atoms with Gasteiger partial charge in [-0.2, -0.15) is 0 Å². The highest BCUT2D eigenvalue weighted by atomic mass is 32.1. The fourth-order valence-corrected chi connectivity index (χ4v) is 3.85. The maximum atomic E-state index is 5.36. The molecule has 0 aliphatic heterocycles. The Labute approximate surface area is 118 Å². The molecule has 0 saturated heterocycles. The van der Waals surface area contributed by atoms with Crippen LogP contribution in [-0.4, -0.2) is 13.2 Å². The Balaban J connectivity index is 2.01. The molecule has 1 saturated carbocycles. The zero-order valence-corrected chi connectivity index (χ0v) is 12.6. The maximum Gasteiger partial charge on any atom is 0.119 e. The van der Waals surface area contributed by atoms with Crippen LogP contribution in [0.4, 0.5) is 0 Å². The van der Waals surface area contributed by atoms with E-state index in [4.69, 9.17) is 4.74 Å². The van der Waals surface area contributed by atoms with Gasteiger partial charge in [0, 0.05) is 22.2 Å². The monoisotopic (exact) mass is 275 g/mol. The Kier molecular flexibility index (Phi) is 3.50. The fourth-order valence-electron chi connectivity index (χ4n) is 2.56. The highest BCUT2D eigenvalue weighted by Crippen LogP contribution is 2.38. The van der Waals surface area contributed by atoms with Crippen molar-refractivity contribution in [1.29, 1.82) is 0 Å². The van der Waals surface area contributed by atoms with Gasteiger partial charge in [-0.05, 0) is 47.9 Å². The van der Waals surface area contributed by atoms with Crippen LogP contribution in [0.3, 0.4) is 0 Å². The molecule has 2 nitrogen and oxygen atoms in total. The zero-order valence-electron chi connectivity index (χ0n) is 11.8. The van der Waals surface area contributed by atoms with E-state index in [9.17, 15) is 0 Å². The molecule has 0 atom stereocenters. The van der Waals surface area contributed by atoms with Crippen LogP contribution < -0.4 is 10.1 Å². The molecule has 1 aliphatic carbocycles. The molecule has 19 heavy (non-hydrogen) atoms. The van der Waals surface area contributed by atoms with E-state index < -0.39 is 0 Å². The van der Waals surface area contributed by atoms with Gasteiger partial charge in [0.25, 0.3) is 0 Å². The Morgan fingerprint density at radius 2 is 2.16 bits per heavy atom. The molecule has 0 spiro atoms. The number of methoxy groups -OCH3 is 1. The highest BCUT2D eigenvalue weighted by Gasteiger charge is 2.22. The van der Waals surface area contributed by atoms with Crippen molar-refractivity contribution in [2.45, 2.75) is 45.2 Å². The summed E-state index contributed by atoms with van der Waals surface area (Å²) in [6, 6.07) is 7.19. The molecule has 1 aromatic carbocycles. The first-order chi connectivity index (χ1) is 9.19. The average molecular weight is 275 g/mol. The number of nitrogens with one attached hydrogen (secondary N) is 1. The van der Waals surface area contributed by atoms with Crippen LogP contribution in [0, 0.1) is 0 Å². The van der Waals surface area contributed by atoms with Crippen LogP contribution >= 0.6 is 11.3 Å². The van der Waals surface area contributed by atoms with Gasteiger partial charge in [-0.15, -0.1) is 11.3 Å². The summed E-state index contributed by atoms with van der Waals surface area (Å²) in [5.41, 5.74) is 1.49. The molecule has 1 aromatic heterocycles. The van der Waals surface area contributed by atoms with Gasteiger partial charge in [0.05, 0.1) is 7.11 Å². The summed E-state index contributed by atoms with van der Waals surface area (Å²) in [6.45, 7) is 5.57. The summed E-state index contributed by atoms with van der Waals surface area (Å²) in [4.78, 5) is 1.49. The first-order valence-electron chi connectivity index (χ1n) is 7.01. The number of hydrogen-bond acceptors (Lipinski definition) is 3. The smallest absolute Gasteiger partial charge is 0.119 e. The maximum absolute atomic E-state index is 5.36. The quantitative estimate of drug-likeness (QED) is 0.879. The zero-order chi connectivity index (χ0) is 13.4. The molecule has 1 fully saturated rings. The van der Waals surface area contributed by atoms with Gasteiger partial charge >= 0.3 is 0 Å². The number of thiophene rings is 1. The molecule has 1 aliphatic rings. The van der Waals surface area contributed by atoms with E-state index in [-0.39, 0.29) is 0 Å².